The molecule has 0 bridgehead atoms. The number of aromatic nitrogens is 2. The number of nitrogens with zero attached hydrogens (tertiary/aromatic N) is 4. The van der Waals surface area contributed by atoms with E-state index in [4.69, 9.17) is 31.0 Å². The van der Waals surface area contributed by atoms with Crippen LogP contribution in [0.1, 0.15) is 73.8 Å². The number of alkyl halides is 1. The first-order valence-electron chi connectivity index (χ1n) is 14.9. The number of aliphatic hydroxyl groups excluding tert-OH is 1. The average molecular weight is 672 g/mol. The first-order valence-corrected chi connectivity index (χ1v) is 16.1. The fourth-order valence-electron chi connectivity index (χ4n) is 7.46. The van der Waals surface area contributed by atoms with Crippen LogP contribution in [0.5, 0.6) is 6.01 Å². The molecule has 3 fully saturated rings. The van der Waals surface area contributed by atoms with E-state index in [0.717, 1.165) is 25.8 Å². The molecule has 4 atom stereocenters. The van der Waals surface area contributed by atoms with Crippen LogP contribution in [0.3, 0.4) is 0 Å². The molecule has 1 aliphatic carbocycles. The molecule has 3 saturated heterocycles. The standard InChI is InChI=1S/C30H38BrClF2N4O4/c1-18-4-6-30(40,25-24(18)22(32)12-21(31)26(25)34)14-23-20(16-39)27(37-7-3-10-41-11-9-37)36-28(35-23)42-17-29-5-2-8-38(29)15-19(33)13-29/h12,18-19,39-40H,2-11,13-17H2,1H3/t18?,19-,29+,30?/m1/s1. The van der Waals surface area contributed by atoms with Crippen molar-refractivity contribution < 1.29 is 28.5 Å². The van der Waals surface area contributed by atoms with Gasteiger partial charge in [0.2, 0.25) is 0 Å². The Labute approximate surface area is 258 Å². The zero-order chi connectivity index (χ0) is 29.6. The molecular weight excluding hydrogens is 634 g/mol. The van der Waals surface area contributed by atoms with E-state index in [1.807, 2.05) is 11.8 Å². The van der Waals surface area contributed by atoms with Crippen molar-refractivity contribution in [2.24, 2.45) is 0 Å². The van der Waals surface area contributed by atoms with E-state index in [2.05, 4.69) is 20.8 Å². The van der Waals surface area contributed by atoms with Crippen molar-refractivity contribution in [3.8, 4) is 6.01 Å². The van der Waals surface area contributed by atoms with E-state index >= 15 is 4.39 Å². The van der Waals surface area contributed by atoms with Crippen LogP contribution >= 0.6 is 27.5 Å². The maximum Gasteiger partial charge on any atom is 0.318 e. The summed E-state index contributed by atoms with van der Waals surface area (Å²) in [4.78, 5) is 13.7. The highest BCUT2D eigenvalue weighted by atomic mass is 79.9. The molecule has 0 saturated carbocycles. The molecule has 0 radical (unpaired) electrons. The van der Waals surface area contributed by atoms with Crippen LogP contribution in [0.15, 0.2) is 10.5 Å². The zero-order valence-electron chi connectivity index (χ0n) is 23.9. The number of hydrogen-bond acceptors (Lipinski definition) is 8. The predicted molar refractivity (Wildman–Crippen MR) is 159 cm³/mol. The summed E-state index contributed by atoms with van der Waals surface area (Å²) in [6.45, 7) is 5.45. The molecule has 230 valence electrons. The van der Waals surface area contributed by atoms with Gasteiger partial charge in [-0.25, -0.2) is 8.78 Å². The van der Waals surface area contributed by atoms with E-state index in [-0.39, 0.29) is 41.6 Å². The molecule has 2 aromatic rings. The quantitative estimate of drug-likeness (QED) is 0.397. The summed E-state index contributed by atoms with van der Waals surface area (Å²) in [6, 6.07) is 1.64. The van der Waals surface area contributed by atoms with Gasteiger partial charge < -0.3 is 24.6 Å². The Balaban J connectivity index is 1.40. The van der Waals surface area contributed by atoms with Crippen molar-refractivity contribution >= 4 is 33.3 Å². The molecule has 8 nitrogen and oxygen atoms in total. The van der Waals surface area contributed by atoms with E-state index in [1.54, 1.807) is 0 Å². The van der Waals surface area contributed by atoms with Gasteiger partial charge in [0, 0.05) is 55.2 Å². The first kappa shape index (κ1) is 30.4. The molecule has 1 aromatic heterocycles. The van der Waals surface area contributed by atoms with Gasteiger partial charge in [-0.1, -0.05) is 18.5 Å². The van der Waals surface area contributed by atoms with Crippen molar-refractivity contribution in [3.05, 3.63) is 43.8 Å². The van der Waals surface area contributed by atoms with Gasteiger partial charge in [-0.05, 0) is 72.1 Å². The van der Waals surface area contributed by atoms with Gasteiger partial charge in [0.05, 0.1) is 34.5 Å². The number of anilines is 1. The number of aliphatic hydroxyl groups is 2. The summed E-state index contributed by atoms with van der Waals surface area (Å²) in [6.07, 6.45) is 2.96. The van der Waals surface area contributed by atoms with Gasteiger partial charge in [-0.3, -0.25) is 4.90 Å². The largest absolute Gasteiger partial charge is 0.461 e. The predicted octanol–water partition coefficient (Wildman–Crippen LogP) is 5.03. The Kier molecular flexibility index (Phi) is 8.72. The van der Waals surface area contributed by atoms with Crippen molar-refractivity contribution in [2.75, 3.05) is 50.9 Å². The lowest BCUT2D eigenvalue weighted by Crippen LogP contribution is -2.43. The Morgan fingerprint density at radius 2 is 2.05 bits per heavy atom. The molecule has 0 spiro atoms. The second-order valence-electron chi connectivity index (χ2n) is 12.3. The van der Waals surface area contributed by atoms with Crippen LogP contribution in [0.2, 0.25) is 5.02 Å². The van der Waals surface area contributed by atoms with Crippen LogP contribution in [-0.4, -0.2) is 82.8 Å². The number of benzene rings is 1. The van der Waals surface area contributed by atoms with Crippen molar-refractivity contribution in [2.45, 2.75) is 81.7 Å². The van der Waals surface area contributed by atoms with Crippen LogP contribution in [0, 0.1) is 5.82 Å². The number of halogens is 4. The molecule has 2 N–H and O–H groups in total. The minimum Gasteiger partial charge on any atom is -0.461 e. The van der Waals surface area contributed by atoms with E-state index in [0.29, 0.717) is 79.8 Å². The highest BCUT2D eigenvalue weighted by Crippen LogP contribution is 2.49. The second kappa shape index (κ2) is 12.0. The van der Waals surface area contributed by atoms with E-state index in [1.165, 1.54) is 6.07 Å². The lowest BCUT2D eigenvalue weighted by Gasteiger charge is -2.39. The van der Waals surface area contributed by atoms with Gasteiger partial charge >= 0.3 is 6.01 Å². The summed E-state index contributed by atoms with van der Waals surface area (Å²) in [5.74, 6) is -0.0739. The first-order chi connectivity index (χ1) is 20.1. The monoisotopic (exact) mass is 670 g/mol. The SMILES string of the molecule is CC1CCC(O)(Cc2nc(OC[C@@]34CCCN3C[C@H](F)C4)nc(N3CCCOCC3)c2CO)c2c(F)c(Br)cc(Cl)c21. The summed E-state index contributed by atoms with van der Waals surface area (Å²) < 4.78 is 42.2. The maximum atomic E-state index is 15.7. The van der Waals surface area contributed by atoms with Crippen LogP contribution in [0.25, 0.3) is 0 Å². The van der Waals surface area contributed by atoms with Crippen molar-refractivity contribution in [1.82, 2.24) is 14.9 Å². The average Bonchev–Trinajstić information content (AvgIpc) is 3.33. The van der Waals surface area contributed by atoms with Gasteiger partial charge in [0.25, 0.3) is 0 Å². The van der Waals surface area contributed by atoms with Crippen molar-refractivity contribution in [1.29, 1.82) is 0 Å². The number of fused-ring (bicyclic) bond motifs is 2. The molecule has 1 aromatic carbocycles. The second-order valence-corrected chi connectivity index (χ2v) is 13.6. The van der Waals surface area contributed by atoms with Crippen LogP contribution in [-0.2, 0) is 23.4 Å². The third-order valence-corrected chi connectivity index (χ3v) is 10.5. The van der Waals surface area contributed by atoms with Gasteiger partial charge in [0.1, 0.15) is 24.4 Å². The zero-order valence-corrected chi connectivity index (χ0v) is 26.2. The summed E-state index contributed by atoms with van der Waals surface area (Å²) in [7, 11) is 0. The lowest BCUT2D eigenvalue weighted by atomic mass is 9.72. The lowest BCUT2D eigenvalue weighted by molar-refractivity contribution is 0.0106. The van der Waals surface area contributed by atoms with E-state index in [9.17, 15) is 14.6 Å². The molecule has 42 heavy (non-hydrogen) atoms. The Morgan fingerprint density at radius 3 is 2.86 bits per heavy atom. The fourth-order valence-corrected chi connectivity index (χ4v) is 8.41. The minimum atomic E-state index is -1.62. The topological polar surface area (TPSA) is 91.2 Å². The number of ether oxygens (including phenoxy) is 2. The molecule has 0 amide bonds. The molecule has 4 aliphatic rings. The third kappa shape index (κ3) is 5.54. The maximum absolute atomic E-state index is 15.7. The molecule has 2 unspecified atom stereocenters. The third-order valence-electron chi connectivity index (χ3n) is 9.58. The Hall–Kier alpha value is -1.63. The minimum absolute atomic E-state index is 0.0380. The molecule has 6 rings (SSSR count). The van der Waals surface area contributed by atoms with Gasteiger partial charge in [-0.15, -0.1) is 0 Å². The summed E-state index contributed by atoms with van der Waals surface area (Å²) in [5.41, 5.74) is -0.411. The summed E-state index contributed by atoms with van der Waals surface area (Å²) >= 11 is 9.85. The Bertz CT molecular complexity index is 1330. The molecule has 12 heteroatoms. The highest BCUT2D eigenvalue weighted by Gasteiger charge is 2.49. The molecule has 4 heterocycles. The number of rotatable bonds is 7. The normalized spacial score (nSPS) is 29.8. The highest BCUT2D eigenvalue weighted by molar-refractivity contribution is 9.10. The smallest absolute Gasteiger partial charge is 0.318 e. The van der Waals surface area contributed by atoms with Crippen LogP contribution in [0.4, 0.5) is 14.6 Å². The van der Waals surface area contributed by atoms with Crippen LogP contribution < -0.4 is 9.64 Å². The fraction of sp³-hybridized carbons (Fsp3) is 0.667. The van der Waals surface area contributed by atoms with E-state index < -0.39 is 23.1 Å². The molecule has 3 aliphatic heterocycles. The van der Waals surface area contributed by atoms with Gasteiger partial charge in [0.15, 0.2) is 0 Å². The number of hydrogen-bond donors (Lipinski definition) is 2. The Morgan fingerprint density at radius 1 is 1.21 bits per heavy atom. The summed E-state index contributed by atoms with van der Waals surface area (Å²) in [5, 5.41) is 23.2. The molecular formula is C30H38BrClF2N4O4. The van der Waals surface area contributed by atoms with Gasteiger partial charge in [-0.2, -0.15) is 9.97 Å². The van der Waals surface area contributed by atoms with Crippen molar-refractivity contribution in [3.63, 3.8) is 0 Å².